The molecule has 0 radical (unpaired) electrons. The topological polar surface area (TPSA) is 49.4 Å². The van der Waals surface area contributed by atoms with Gasteiger partial charge in [0.2, 0.25) is 11.8 Å². The number of nitrogens with zero attached hydrogens (tertiary/aromatic N) is 1. The normalized spacial score (nSPS) is 11.6. The molecule has 1 atom stereocenters. The number of benzene rings is 3. The molecule has 0 aliphatic carbocycles. The van der Waals surface area contributed by atoms with E-state index >= 15 is 0 Å². The summed E-state index contributed by atoms with van der Waals surface area (Å²) >= 11 is 7.46. The molecule has 0 saturated carbocycles. The van der Waals surface area contributed by atoms with Crippen molar-refractivity contribution in [3.05, 3.63) is 106 Å². The van der Waals surface area contributed by atoms with Gasteiger partial charge in [-0.2, -0.15) is 0 Å². The van der Waals surface area contributed by atoms with Crippen LogP contribution in [0.25, 0.3) is 0 Å². The van der Waals surface area contributed by atoms with Crippen molar-refractivity contribution in [1.82, 2.24) is 10.2 Å². The van der Waals surface area contributed by atoms with Crippen molar-refractivity contribution in [1.29, 1.82) is 0 Å². The highest BCUT2D eigenvalue weighted by molar-refractivity contribution is 7.99. The fourth-order valence-electron chi connectivity index (χ4n) is 3.77. The number of rotatable bonds is 13. The minimum Gasteiger partial charge on any atom is -0.354 e. The van der Waals surface area contributed by atoms with Crippen LogP contribution < -0.4 is 5.32 Å². The first kappa shape index (κ1) is 27.8. The van der Waals surface area contributed by atoms with Crippen LogP contribution in [0.2, 0.25) is 5.02 Å². The van der Waals surface area contributed by atoms with Crippen LogP contribution in [0.15, 0.2) is 78.9 Å². The van der Waals surface area contributed by atoms with E-state index in [-0.39, 0.29) is 29.9 Å². The van der Waals surface area contributed by atoms with Crippen LogP contribution in [0.4, 0.5) is 4.39 Å². The average Bonchev–Trinajstić information content (AvgIpc) is 2.89. The second kappa shape index (κ2) is 14.7. The largest absolute Gasteiger partial charge is 0.354 e. The van der Waals surface area contributed by atoms with Crippen molar-refractivity contribution in [2.75, 3.05) is 12.3 Å². The number of carbonyl (C=O) groups is 2. The van der Waals surface area contributed by atoms with E-state index in [2.05, 4.69) is 12.2 Å². The van der Waals surface area contributed by atoms with Gasteiger partial charge in [0.05, 0.1) is 5.75 Å². The van der Waals surface area contributed by atoms with Gasteiger partial charge in [-0.15, -0.1) is 11.8 Å². The third-order valence-corrected chi connectivity index (χ3v) is 7.01. The number of nitrogens with one attached hydrogen (secondary N) is 1. The number of carbonyl (C=O) groups excluding carboxylic acids is 2. The maximum Gasteiger partial charge on any atom is 0.243 e. The summed E-state index contributed by atoms with van der Waals surface area (Å²) < 4.78 is 13.5. The van der Waals surface area contributed by atoms with Gasteiger partial charge < -0.3 is 10.2 Å². The summed E-state index contributed by atoms with van der Waals surface area (Å²) in [4.78, 5) is 28.5. The van der Waals surface area contributed by atoms with Gasteiger partial charge in [-0.1, -0.05) is 79.5 Å². The molecule has 1 N–H and O–H groups in total. The first-order chi connectivity index (χ1) is 17.5. The highest BCUT2D eigenvalue weighted by atomic mass is 35.5. The number of unbranched alkanes of at least 4 members (excludes halogenated alkanes) is 1. The van der Waals surface area contributed by atoms with Crippen LogP contribution in [0, 0.1) is 5.82 Å². The van der Waals surface area contributed by atoms with E-state index in [0.29, 0.717) is 23.7 Å². The molecule has 2 amide bonds. The molecule has 0 aliphatic heterocycles. The molecule has 3 aromatic rings. The second-order valence-electron chi connectivity index (χ2n) is 8.62. The smallest absolute Gasteiger partial charge is 0.243 e. The Balaban J connectivity index is 1.81. The van der Waals surface area contributed by atoms with E-state index < -0.39 is 6.04 Å². The zero-order valence-corrected chi connectivity index (χ0v) is 22.0. The van der Waals surface area contributed by atoms with Gasteiger partial charge in [0, 0.05) is 30.3 Å². The molecule has 1 unspecified atom stereocenters. The lowest BCUT2D eigenvalue weighted by Gasteiger charge is -2.31. The summed E-state index contributed by atoms with van der Waals surface area (Å²) in [7, 11) is 0. The second-order valence-corrected chi connectivity index (χ2v) is 10.0. The molecular weight excluding hydrogens is 495 g/mol. The number of amides is 2. The number of thioether (sulfide) groups is 1. The van der Waals surface area contributed by atoms with E-state index in [4.69, 9.17) is 11.6 Å². The summed E-state index contributed by atoms with van der Waals surface area (Å²) in [5.41, 5.74) is 2.81. The van der Waals surface area contributed by atoms with Gasteiger partial charge in [0.25, 0.3) is 0 Å². The summed E-state index contributed by atoms with van der Waals surface area (Å²) in [6.45, 7) is 2.85. The van der Waals surface area contributed by atoms with Crippen LogP contribution in [-0.2, 0) is 28.3 Å². The zero-order chi connectivity index (χ0) is 25.8. The lowest BCUT2D eigenvalue weighted by molar-refractivity contribution is -0.139. The molecule has 4 nitrogen and oxygen atoms in total. The fourth-order valence-corrected chi connectivity index (χ4v) is 4.76. The van der Waals surface area contributed by atoms with Gasteiger partial charge in [-0.05, 0) is 47.4 Å². The van der Waals surface area contributed by atoms with Crippen LogP contribution >= 0.6 is 23.4 Å². The number of hydrogen-bond acceptors (Lipinski definition) is 3. The van der Waals surface area contributed by atoms with Crippen LogP contribution in [0.5, 0.6) is 0 Å². The van der Waals surface area contributed by atoms with Crippen LogP contribution in [0.3, 0.4) is 0 Å². The Bertz CT molecular complexity index is 1090. The summed E-state index contributed by atoms with van der Waals surface area (Å²) in [5, 5.41) is 3.68. The monoisotopic (exact) mass is 526 g/mol. The molecule has 3 rings (SSSR count). The van der Waals surface area contributed by atoms with Crippen molar-refractivity contribution in [2.45, 2.75) is 44.5 Å². The Morgan fingerprint density at radius 3 is 2.28 bits per heavy atom. The zero-order valence-electron chi connectivity index (χ0n) is 20.5. The van der Waals surface area contributed by atoms with Gasteiger partial charge in [0.1, 0.15) is 11.9 Å². The van der Waals surface area contributed by atoms with Gasteiger partial charge >= 0.3 is 0 Å². The van der Waals surface area contributed by atoms with E-state index in [9.17, 15) is 14.0 Å². The van der Waals surface area contributed by atoms with Gasteiger partial charge in [-0.25, -0.2) is 4.39 Å². The predicted octanol–water partition coefficient (Wildman–Crippen LogP) is 6.27. The SMILES string of the molecule is CCCCNC(=O)C(Cc1ccccc1)N(Cc1ccc(F)cc1)C(=O)CSCc1ccc(Cl)cc1. The molecule has 0 bridgehead atoms. The molecule has 0 fully saturated rings. The van der Waals surface area contributed by atoms with Crippen LogP contribution in [0.1, 0.15) is 36.5 Å². The molecule has 3 aromatic carbocycles. The first-order valence-corrected chi connectivity index (χ1v) is 13.7. The number of hydrogen-bond donors (Lipinski definition) is 1. The van der Waals surface area contributed by atoms with Crippen molar-refractivity contribution in [3.8, 4) is 0 Å². The van der Waals surface area contributed by atoms with Crippen molar-refractivity contribution < 1.29 is 14.0 Å². The third-order valence-electron chi connectivity index (χ3n) is 5.77. The lowest BCUT2D eigenvalue weighted by atomic mass is 10.0. The molecule has 190 valence electrons. The maximum absolute atomic E-state index is 13.6. The van der Waals surface area contributed by atoms with Gasteiger partial charge in [0.15, 0.2) is 0 Å². The van der Waals surface area contributed by atoms with Crippen molar-refractivity contribution in [2.24, 2.45) is 0 Å². The Morgan fingerprint density at radius 1 is 0.944 bits per heavy atom. The Labute approximate surface area is 222 Å². The first-order valence-electron chi connectivity index (χ1n) is 12.1. The molecule has 0 spiro atoms. The average molecular weight is 527 g/mol. The predicted molar refractivity (Wildman–Crippen MR) is 146 cm³/mol. The lowest BCUT2D eigenvalue weighted by Crippen LogP contribution is -2.51. The molecule has 0 saturated heterocycles. The van der Waals surface area contributed by atoms with E-state index in [1.165, 1.54) is 23.9 Å². The third kappa shape index (κ3) is 8.99. The van der Waals surface area contributed by atoms with E-state index in [1.54, 1.807) is 17.0 Å². The van der Waals surface area contributed by atoms with E-state index in [0.717, 1.165) is 29.5 Å². The fraction of sp³-hybridized carbons (Fsp3) is 0.310. The van der Waals surface area contributed by atoms with Gasteiger partial charge in [-0.3, -0.25) is 9.59 Å². The molecule has 0 heterocycles. The molecule has 7 heteroatoms. The summed E-state index contributed by atoms with van der Waals surface area (Å²) in [6.07, 6.45) is 2.23. The van der Waals surface area contributed by atoms with Crippen molar-refractivity contribution in [3.63, 3.8) is 0 Å². The Hall–Kier alpha value is -2.83. The highest BCUT2D eigenvalue weighted by Gasteiger charge is 2.30. The standard InChI is InChI=1S/C29H32ClFN2O2S/c1-2-3-17-32-29(35)27(18-22-7-5-4-6-8-22)33(19-23-11-15-26(31)16-12-23)28(34)21-36-20-24-9-13-25(30)14-10-24/h4-16,27H,2-3,17-21H2,1H3,(H,32,35). The molecule has 36 heavy (non-hydrogen) atoms. The van der Waals surface area contributed by atoms with E-state index in [1.807, 2.05) is 54.6 Å². The Morgan fingerprint density at radius 2 is 1.61 bits per heavy atom. The minimum absolute atomic E-state index is 0.134. The quantitative estimate of drug-likeness (QED) is 0.267. The van der Waals surface area contributed by atoms with Crippen molar-refractivity contribution >= 4 is 35.2 Å². The van der Waals surface area contributed by atoms with Crippen LogP contribution in [-0.4, -0.2) is 35.1 Å². The maximum atomic E-state index is 13.6. The summed E-state index contributed by atoms with van der Waals surface area (Å²) in [6, 6.07) is 22.6. The highest BCUT2D eigenvalue weighted by Crippen LogP contribution is 2.20. The number of halogens is 2. The molecule has 0 aliphatic rings. The minimum atomic E-state index is -0.682. The Kier molecular flexibility index (Phi) is 11.3. The summed E-state index contributed by atoms with van der Waals surface area (Å²) in [5.74, 6) is 0.222. The molecular formula is C29H32ClFN2O2S. The molecule has 0 aromatic heterocycles.